The lowest BCUT2D eigenvalue weighted by atomic mass is 10.1. The third-order valence-electron chi connectivity index (χ3n) is 5.17. The third kappa shape index (κ3) is 5.98. The van der Waals surface area contributed by atoms with Crippen LogP contribution in [0.15, 0.2) is 48.5 Å². The quantitative estimate of drug-likeness (QED) is 0.757. The molecule has 0 radical (unpaired) electrons. The van der Waals surface area contributed by atoms with E-state index in [0.717, 1.165) is 44.8 Å². The summed E-state index contributed by atoms with van der Waals surface area (Å²) in [6, 6.07) is 17.6. The Bertz CT molecular complexity index is 677. The summed E-state index contributed by atoms with van der Waals surface area (Å²) in [7, 11) is 4.14. The molecular weight excluding hydrogens is 336 g/mol. The van der Waals surface area contributed by atoms with E-state index in [2.05, 4.69) is 79.8 Å². The van der Waals surface area contributed by atoms with Crippen LogP contribution in [0.2, 0.25) is 0 Å². The molecular formula is C23H32N2O2. The van der Waals surface area contributed by atoms with E-state index in [4.69, 9.17) is 9.47 Å². The molecule has 1 atom stereocenters. The van der Waals surface area contributed by atoms with Crippen molar-refractivity contribution in [2.45, 2.75) is 38.3 Å². The molecule has 3 rings (SSSR count). The number of hydrogen-bond donors (Lipinski definition) is 1. The van der Waals surface area contributed by atoms with Gasteiger partial charge in [-0.05, 0) is 55.3 Å². The second-order valence-electron chi connectivity index (χ2n) is 7.49. The Morgan fingerprint density at radius 1 is 1.04 bits per heavy atom. The van der Waals surface area contributed by atoms with Gasteiger partial charge in [-0.3, -0.25) is 0 Å². The largest absolute Gasteiger partial charge is 0.490 e. The van der Waals surface area contributed by atoms with Crippen molar-refractivity contribution >= 4 is 5.69 Å². The topological polar surface area (TPSA) is 33.7 Å². The van der Waals surface area contributed by atoms with Crippen molar-refractivity contribution in [2.24, 2.45) is 0 Å². The van der Waals surface area contributed by atoms with Crippen molar-refractivity contribution in [2.75, 3.05) is 38.8 Å². The van der Waals surface area contributed by atoms with Crippen molar-refractivity contribution in [3.8, 4) is 5.75 Å². The Morgan fingerprint density at radius 3 is 2.33 bits per heavy atom. The zero-order chi connectivity index (χ0) is 19.1. The molecule has 0 saturated carbocycles. The molecule has 1 aliphatic heterocycles. The van der Waals surface area contributed by atoms with E-state index >= 15 is 0 Å². The minimum absolute atomic E-state index is 0.291. The Kier molecular flexibility index (Phi) is 7.13. The van der Waals surface area contributed by atoms with Gasteiger partial charge < -0.3 is 19.7 Å². The van der Waals surface area contributed by atoms with Crippen molar-refractivity contribution in [3.05, 3.63) is 59.7 Å². The maximum Gasteiger partial charge on any atom is 0.119 e. The molecule has 0 aliphatic carbocycles. The predicted octanol–water partition coefficient (Wildman–Crippen LogP) is 4.20. The Balaban J connectivity index is 1.44. The highest BCUT2D eigenvalue weighted by molar-refractivity contribution is 5.46. The SMILES string of the molecule is CC(NCCc1ccc(N(C)C)cc1)c1ccc(OC2CCOCC2)cc1. The summed E-state index contributed by atoms with van der Waals surface area (Å²) in [6.45, 7) is 4.79. The van der Waals surface area contributed by atoms with Crippen LogP contribution in [0.5, 0.6) is 5.75 Å². The van der Waals surface area contributed by atoms with Gasteiger partial charge in [0.05, 0.1) is 13.2 Å². The monoisotopic (exact) mass is 368 g/mol. The van der Waals surface area contributed by atoms with Crippen molar-refractivity contribution in [3.63, 3.8) is 0 Å². The first-order valence-corrected chi connectivity index (χ1v) is 9.96. The molecule has 1 aliphatic rings. The van der Waals surface area contributed by atoms with Gasteiger partial charge in [0.15, 0.2) is 0 Å². The fourth-order valence-electron chi connectivity index (χ4n) is 3.33. The van der Waals surface area contributed by atoms with E-state index < -0.39 is 0 Å². The summed E-state index contributed by atoms with van der Waals surface area (Å²) >= 11 is 0. The molecule has 0 bridgehead atoms. The summed E-state index contributed by atoms with van der Waals surface area (Å²) in [6.07, 6.45) is 3.28. The van der Waals surface area contributed by atoms with Gasteiger partial charge in [-0.25, -0.2) is 0 Å². The molecule has 2 aromatic rings. The van der Waals surface area contributed by atoms with Crippen LogP contribution in [0.3, 0.4) is 0 Å². The van der Waals surface area contributed by atoms with Gasteiger partial charge in [-0.1, -0.05) is 24.3 Å². The summed E-state index contributed by atoms with van der Waals surface area (Å²) in [4.78, 5) is 2.12. The average Bonchev–Trinajstić information content (AvgIpc) is 2.69. The Labute approximate surface area is 163 Å². The standard InChI is InChI=1S/C23H32N2O2/c1-18(24-15-12-19-4-8-21(9-5-19)25(2)3)20-6-10-22(11-7-20)27-23-13-16-26-17-14-23/h4-11,18,23-24H,12-17H2,1-3H3. The molecule has 0 amide bonds. The zero-order valence-electron chi connectivity index (χ0n) is 16.8. The molecule has 1 heterocycles. The molecule has 1 unspecified atom stereocenters. The van der Waals surface area contributed by atoms with E-state index in [9.17, 15) is 0 Å². The number of nitrogens with zero attached hydrogens (tertiary/aromatic N) is 1. The first-order chi connectivity index (χ1) is 13.1. The number of hydrogen-bond acceptors (Lipinski definition) is 4. The predicted molar refractivity (Wildman–Crippen MR) is 112 cm³/mol. The number of rotatable bonds is 8. The van der Waals surface area contributed by atoms with Crippen LogP contribution in [-0.2, 0) is 11.2 Å². The number of nitrogens with one attached hydrogen (secondary N) is 1. The highest BCUT2D eigenvalue weighted by Crippen LogP contribution is 2.21. The first kappa shape index (κ1) is 19.7. The molecule has 4 heteroatoms. The van der Waals surface area contributed by atoms with Crippen LogP contribution < -0.4 is 15.0 Å². The van der Waals surface area contributed by atoms with Crippen LogP contribution in [0.1, 0.15) is 36.9 Å². The normalized spacial score (nSPS) is 16.1. The van der Waals surface area contributed by atoms with Gasteiger partial charge in [-0.2, -0.15) is 0 Å². The van der Waals surface area contributed by atoms with Gasteiger partial charge in [0.1, 0.15) is 11.9 Å². The lowest BCUT2D eigenvalue weighted by Gasteiger charge is -2.23. The molecule has 2 aromatic carbocycles. The lowest BCUT2D eigenvalue weighted by molar-refractivity contribution is 0.0255. The lowest BCUT2D eigenvalue weighted by Crippen LogP contribution is -2.25. The van der Waals surface area contributed by atoms with Crippen molar-refractivity contribution < 1.29 is 9.47 Å². The fraction of sp³-hybridized carbons (Fsp3) is 0.478. The third-order valence-corrected chi connectivity index (χ3v) is 5.17. The number of benzene rings is 2. The van der Waals surface area contributed by atoms with E-state index in [-0.39, 0.29) is 0 Å². The molecule has 27 heavy (non-hydrogen) atoms. The van der Waals surface area contributed by atoms with Gasteiger partial charge in [0.2, 0.25) is 0 Å². The second-order valence-corrected chi connectivity index (χ2v) is 7.49. The minimum Gasteiger partial charge on any atom is -0.490 e. The maximum absolute atomic E-state index is 6.05. The van der Waals surface area contributed by atoms with Crippen LogP contribution in [-0.4, -0.2) is 40.0 Å². The van der Waals surface area contributed by atoms with Gasteiger partial charge >= 0.3 is 0 Å². The number of ether oxygens (including phenoxy) is 2. The van der Waals surface area contributed by atoms with Gasteiger partial charge in [0.25, 0.3) is 0 Å². The van der Waals surface area contributed by atoms with Crippen molar-refractivity contribution in [1.82, 2.24) is 5.32 Å². The van der Waals surface area contributed by atoms with Gasteiger partial charge in [-0.15, -0.1) is 0 Å². The molecule has 1 N–H and O–H groups in total. The summed E-state index contributed by atoms with van der Waals surface area (Å²) in [5, 5.41) is 3.62. The van der Waals surface area contributed by atoms with E-state index in [1.54, 1.807) is 0 Å². The Hall–Kier alpha value is -2.04. The fourth-order valence-corrected chi connectivity index (χ4v) is 3.33. The highest BCUT2D eigenvalue weighted by atomic mass is 16.5. The zero-order valence-corrected chi connectivity index (χ0v) is 16.8. The summed E-state index contributed by atoms with van der Waals surface area (Å²) in [5.74, 6) is 0.957. The molecule has 1 fully saturated rings. The highest BCUT2D eigenvalue weighted by Gasteiger charge is 2.15. The second kappa shape index (κ2) is 9.77. The molecule has 0 spiro atoms. The maximum atomic E-state index is 6.05. The molecule has 1 saturated heterocycles. The smallest absolute Gasteiger partial charge is 0.119 e. The summed E-state index contributed by atoms with van der Waals surface area (Å²) < 4.78 is 11.4. The van der Waals surface area contributed by atoms with Crippen LogP contribution in [0.4, 0.5) is 5.69 Å². The van der Waals surface area contributed by atoms with Crippen LogP contribution in [0, 0.1) is 0 Å². The molecule has 146 valence electrons. The van der Waals surface area contributed by atoms with Crippen LogP contribution >= 0.6 is 0 Å². The van der Waals surface area contributed by atoms with Gasteiger partial charge in [0, 0.05) is 38.7 Å². The van der Waals surface area contributed by atoms with E-state index in [1.807, 2.05) is 0 Å². The Morgan fingerprint density at radius 2 is 1.70 bits per heavy atom. The molecule has 0 aromatic heterocycles. The van der Waals surface area contributed by atoms with Crippen molar-refractivity contribution in [1.29, 1.82) is 0 Å². The van der Waals surface area contributed by atoms with Crippen LogP contribution in [0.25, 0.3) is 0 Å². The van der Waals surface area contributed by atoms with E-state index in [1.165, 1.54) is 16.8 Å². The minimum atomic E-state index is 0.291. The molecule has 4 nitrogen and oxygen atoms in total. The first-order valence-electron chi connectivity index (χ1n) is 9.96. The number of anilines is 1. The van der Waals surface area contributed by atoms with E-state index in [0.29, 0.717) is 12.1 Å². The summed E-state index contributed by atoms with van der Waals surface area (Å²) in [5.41, 5.74) is 3.89. The average molecular weight is 369 g/mol.